The molecule has 41 heavy (non-hydrogen) atoms. The standard InChI is InChI=1S/C30H56INO9/c1-12-22-30(10,37)25(33)20(6)32(31)15-16(2)13-28(8,36)19(5)17(3)24(18(4)27(35)40-22)41-23-14-29(9,38-11)26(34)21(7)39-23/h16-26,33-34,36-37H,12-15H2,1-11H3/t16-,17-,18-,19-,20-,21+,22-,23+,24+,25-,26+,28-,29-,30-/m1/s1. The van der Waals surface area contributed by atoms with Crippen molar-refractivity contribution in [2.75, 3.05) is 13.7 Å². The summed E-state index contributed by atoms with van der Waals surface area (Å²) in [5.41, 5.74) is -3.72. The predicted octanol–water partition coefficient (Wildman–Crippen LogP) is 3.45. The van der Waals surface area contributed by atoms with E-state index in [4.69, 9.17) is 18.9 Å². The molecule has 0 amide bonds. The molecule has 2 heterocycles. The molecule has 2 fully saturated rings. The molecule has 2 rings (SSSR count). The monoisotopic (exact) mass is 701 g/mol. The molecule has 0 saturated carbocycles. The number of esters is 1. The fraction of sp³-hybridized carbons (Fsp3) is 0.967. The lowest BCUT2D eigenvalue weighted by Gasteiger charge is -2.47. The summed E-state index contributed by atoms with van der Waals surface area (Å²) >= 11 is 2.15. The smallest absolute Gasteiger partial charge is 0.311 e. The molecule has 0 radical (unpaired) electrons. The van der Waals surface area contributed by atoms with Crippen molar-refractivity contribution >= 4 is 28.8 Å². The first-order chi connectivity index (χ1) is 18.7. The Kier molecular flexibility index (Phi) is 12.9. The van der Waals surface area contributed by atoms with E-state index in [1.54, 1.807) is 27.7 Å². The highest BCUT2D eigenvalue weighted by Gasteiger charge is 2.50. The number of ether oxygens (including phenoxy) is 4. The fourth-order valence-electron chi connectivity index (χ4n) is 6.57. The van der Waals surface area contributed by atoms with Crippen LogP contribution in [0.3, 0.4) is 0 Å². The summed E-state index contributed by atoms with van der Waals surface area (Å²) in [4.78, 5) is 13.7. The molecule has 2 aliphatic heterocycles. The minimum atomic E-state index is -1.71. The van der Waals surface area contributed by atoms with Gasteiger partial charge in [0.15, 0.2) is 6.29 Å². The van der Waals surface area contributed by atoms with E-state index in [-0.39, 0.29) is 24.2 Å². The number of rotatable bonds is 4. The second-order valence-corrected chi connectivity index (χ2v) is 14.7. The Morgan fingerprint density at radius 3 is 2.15 bits per heavy atom. The highest BCUT2D eigenvalue weighted by atomic mass is 127. The Balaban J connectivity index is 2.53. The lowest BCUT2D eigenvalue weighted by Crippen LogP contribution is -2.58. The number of carbonyl (C=O) groups is 1. The van der Waals surface area contributed by atoms with E-state index in [1.165, 1.54) is 14.0 Å². The van der Waals surface area contributed by atoms with Crippen molar-refractivity contribution in [3.63, 3.8) is 0 Å². The number of carbonyl (C=O) groups excluding carboxylic acids is 1. The number of cyclic esters (lactones) is 1. The van der Waals surface area contributed by atoms with E-state index < -0.39 is 71.5 Å². The largest absolute Gasteiger partial charge is 0.459 e. The van der Waals surface area contributed by atoms with Crippen molar-refractivity contribution in [3.8, 4) is 0 Å². The van der Waals surface area contributed by atoms with Gasteiger partial charge in [-0.25, -0.2) is 3.11 Å². The first-order valence-electron chi connectivity index (χ1n) is 15.0. The Morgan fingerprint density at radius 2 is 1.61 bits per heavy atom. The fourth-order valence-corrected chi connectivity index (χ4v) is 7.54. The van der Waals surface area contributed by atoms with Gasteiger partial charge in [-0.05, 0) is 72.1 Å². The maximum absolute atomic E-state index is 13.7. The molecule has 0 aromatic heterocycles. The quantitative estimate of drug-likeness (QED) is 0.196. The van der Waals surface area contributed by atoms with Gasteiger partial charge in [0, 0.05) is 49.0 Å². The molecule has 2 saturated heterocycles. The molecule has 242 valence electrons. The Bertz CT molecular complexity index is 860. The van der Waals surface area contributed by atoms with Crippen molar-refractivity contribution in [3.05, 3.63) is 0 Å². The van der Waals surface area contributed by atoms with Gasteiger partial charge in [0.1, 0.15) is 23.9 Å². The molecule has 0 aromatic carbocycles. The molecule has 2 aliphatic rings. The van der Waals surface area contributed by atoms with E-state index in [0.717, 1.165) is 0 Å². The van der Waals surface area contributed by atoms with Crippen molar-refractivity contribution in [2.24, 2.45) is 23.7 Å². The minimum absolute atomic E-state index is 0.0596. The van der Waals surface area contributed by atoms with Crippen LogP contribution in [0.25, 0.3) is 0 Å². The predicted molar refractivity (Wildman–Crippen MR) is 164 cm³/mol. The van der Waals surface area contributed by atoms with Gasteiger partial charge in [-0.2, -0.15) is 0 Å². The van der Waals surface area contributed by atoms with Crippen LogP contribution in [0.5, 0.6) is 0 Å². The van der Waals surface area contributed by atoms with E-state index >= 15 is 0 Å². The summed E-state index contributed by atoms with van der Waals surface area (Å²) in [7, 11) is 1.54. The maximum atomic E-state index is 13.7. The number of aliphatic hydroxyl groups excluding tert-OH is 2. The summed E-state index contributed by atoms with van der Waals surface area (Å²) in [5.74, 6) is -1.92. The molecule has 10 nitrogen and oxygen atoms in total. The molecule has 0 spiro atoms. The van der Waals surface area contributed by atoms with Gasteiger partial charge >= 0.3 is 5.97 Å². The van der Waals surface area contributed by atoms with Gasteiger partial charge in [0.25, 0.3) is 0 Å². The third kappa shape index (κ3) is 8.33. The molecule has 0 bridgehead atoms. The number of hydrogen-bond acceptors (Lipinski definition) is 10. The van der Waals surface area contributed by atoms with Crippen molar-refractivity contribution < 1.29 is 44.2 Å². The van der Waals surface area contributed by atoms with Crippen LogP contribution in [0.1, 0.15) is 88.5 Å². The second kappa shape index (κ2) is 14.3. The summed E-state index contributed by atoms with van der Waals surface area (Å²) in [6.45, 7) is 18.8. The Labute approximate surface area is 260 Å². The molecule has 4 N–H and O–H groups in total. The van der Waals surface area contributed by atoms with Gasteiger partial charge in [-0.3, -0.25) is 4.79 Å². The van der Waals surface area contributed by atoms with Gasteiger partial charge in [-0.1, -0.05) is 27.7 Å². The Hall–Kier alpha value is -0.120. The van der Waals surface area contributed by atoms with E-state index in [2.05, 4.69) is 29.8 Å². The third-order valence-electron chi connectivity index (χ3n) is 9.96. The molecule has 14 atom stereocenters. The Morgan fingerprint density at radius 1 is 1.02 bits per heavy atom. The summed E-state index contributed by atoms with van der Waals surface area (Å²) in [6.07, 6.45) is -4.09. The van der Waals surface area contributed by atoms with E-state index in [9.17, 15) is 25.2 Å². The number of nitrogens with zero attached hydrogens (tertiary/aromatic N) is 1. The van der Waals surface area contributed by atoms with Gasteiger partial charge < -0.3 is 39.4 Å². The van der Waals surface area contributed by atoms with Crippen LogP contribution >= 0.6 is 22.9 Å². The zero-order valence-corrected chi connectivity index (χ0v) is 29.0. The molecule has 11 heteroatoms. The second-order valence-electron chi connectivity index (χ2n) is 13.5. The van der Waals surface area contributed by atoms with Crippen molar-refractivity contribution in [1.29, 1.82) is 0 Å². The number of methoxy groups -OCH3 is 1. The number of halogens is 1. The van der Waals surface area contributed by atoms with Crippen LogP contribution < -0.4 is 0 Å². The first kappa shape index (κ1) is 37.1. The van der Waals surface area contributed by atoms with Gasteiger partial charge in [-0.15, -0.1) is 0 Å². The molecular weight excluding hydrogens is 645 g/mol. The van der Waals surface area contributed by atoms with Crippen LogP contribution in [0.2, 0.25) is 0 Å². The SMILES string of the molecule is CC[C@H]1OC(=O)[C@H](C)[C@@H](O[C@H]2C[C@@](C)(OC)[C@@H](O)[C@H](C)O2)[C@H](C)[C@@H](C)[C@](C)(O)C[C@@H](C)CN(I)[C@H](C)[C@@H](O)[C@]1(C)O. The highest BCUT2D eigenvalue weighted by molar-refractivity contribution is 14.1. The van der Waals surface area contributed by atoms with Crippen LogP contribution in [0.4, 0.5) is 0 Å². The normalized spacial score (nSPS) is 50.0. The van der Waals surface area contributed by atoms with Crippen molar-refractivity contribution in [2.45, 2.75) is 148 Å². The zero-order chi connectivity index (χ0) is 31.7. The third-order valence-corrected chi connectivity index (χ3v) is 11.2. The van der Waals surface area contributed by atoms with Crippen LogP contribution in [0, 0.1) is 23.7 Å². The molecule has 0 unspecified atom stereocenters. The summed E-state index contributed by atoms with van der Waals surface area (Å²) in [5, 5.41) is 45.1. The number of aliphatic hydroxyl groups is 4. The first-order valence-corrected chi connectivity index (χ1v) is 16.0. The van der Waals surface area contributed by atoms with Crippen LogP contribution in [0.15, 0.2) is 0 Å². The molecule has 0 aliphatic carbocycles. The minimum Gasteiger partial charge on any atom is -0.459 e. The van der Waals surface area contributed by atoms with E-state index in [0.29, 0.717) is 19.4 Å². The average Bonchev–Trinajstić information content (AvgIpc) is 2.89. The van der Waals surface area contributed by atoms with Gasteiger partial charge in [0.05, 0.1) is 29.3 Å². The molecular formula is C30H56INO9. The van der Waals surface area contributed by atoms with Crippen LogP contribution in [-0.2, 0) is 23.7 Å². The molecule has 0 aromatic rings. The average molecular weight is 702 g/mol. The van der Waals surface area contributed by atoms with Gasteiger partial charge in [0.2, 0.25) is 0 Å². The lowest BCUT2D eigenvalue weighted by molar-refractivity contribution is -0.298. The summed E-state index contributed by atoms with van der Waals surface area (Å²) in [6, 6.07) is -0.448. The van der Waals surface area contributed by atoms with Crippen molar-refractivity contribution in [1.82, 2.24) is 3.11 Å². The zero-order valence-electron chi connectivity index (χ0n) is 26.8. The topological polar surface area (TPSA) is 138 Å². The number of hydrogen-bond donors (Lipinski definition) is 4. The lowest BCUT2D eigenvalue weighted by atomic mass is 9.72. The highest BCUT2D eigenvalue weighted by Crippen LogP contribution is 2.40. The summed E-state index contributed by atoms with van der Waals surface area (Å²) < 4.78 is 26.1. The van der Waals surface area contributed by atoms with Crippen LogP contribution in [-0.4, -0.2) is 103 Å². The van der Waals surface area contributed by atoms with E-state index in [1.807, 2.05) is 30.8 Å². The maximum Gasteiger partial charge on any atom is 0.311 e.